The molecule has 0 unspecified atom stereocenters. The fourth-order valence-electron chi connectivity index (χ4n) is 14.7. The predicted molar refractivity (Wildman–Crippen MR) is 402 cm³/mol. The standard InChI is InChI=1S/C84H93F3N9O4P/c1-49-43-52(28-34-61(49)85)73-58(25-22-40-88-73)55-31-37-64-67(70(55)79(4,5)6)76(82(13,14)15)94(91-64)46-98-101(97,99-47-95-77(83(16,17)18)68-65(92-95)38-32-56(71(68)80(7,8)9)59-26-23-41-89-74(59)53-29-35-62(86)50(2)44-53)100-48-96-78(84(19,20)21)69-66(93-96)39-33-57(72(69)81(10,11)12)60-27-24-42-90-75(60)54-30-36-63(87)51(3)45-54/h22-45H,46-48H2,1-21H3. The van der Waals surface area contributed by atoms with Gasteiger partial charge in [-0.25, -0.2) is 31.8 Å². The number of nitrogens with zero attached hydrogens (tertiary/aromatic N) is 9. The molecule has 6 aromatic carbocycles. The summed E-state index contributed by atoms with van der Waals surface area (Å²) in [6, 6.07) is 39.4. The Morgan fingerprint density at radius 3 is 0.832 bits per heavy atom. The second kappa shape index (κ2) is 26.2. The van der Waals surface area contributed by atoms with Crippen LogP contribution in [-0.2, 0) is 70.8 Å². The normalized spacial score (nSPS) is 13.0. The van der Waals surface area contributed by atoms with Gasteiger partial charge in [0, 0.05) is 84.4 Å². The number of pyridine rings is 3. The molecule has 12 rings (SSSR count). The van der Waals surface area contributed by atoms with Crippen LogP contribution in [0.2, 0.25) is 0 Å². The molecule has 0 aliphatic heterocycles. The average molecular weight is 1380 g/mol. The van der Waals surface area contributed by atoms with Gasteiger partial charge in [0.05, 0.1) is 50.7 Å². The highest BCUT2D eigenvalue weighted by Crippen LogP contribution is 2.54. The first-order valence-corrected chi connectivity index (χ1v) is 36.0. The van der Waals surface area contributed by atoms with Crippen molar-refractivity contribution in [2.24, 2.45) is 0 Å². The number of phosphoric acid groups is 1. The van der Waals surface area contributed by atoms with E-state index in [2.05, 4.69) is 161 Å². The summed E-state index contributed by atoms with van der Waals surface area (Å²) in [6.07, 6.45) is 5.28. The second-order valence-electron chi connectivity index (χ2n) is 33.0. The van der Waals surface area contributed by atoms with Gasteiger partial charge in [-0.3, -0.25) is 28.5 Å². The number of halogens is 3. The maximum absolute atomic E-state index is 16.6. The lowest BCUT2D eigenvalue weighted by molar-refractivity contribution is 0.0426. The molecule has 0 radical (unpaired) electrons. The van der Waals surface area contributed by atoms with Crippen molar-refractivity contribution >= 4 is 40.5 Å². The lowest BCUT2D eigenvalue weighted by atomic mass is 9.76. The number of hydrogen-bond acceptors (Lipinski definition) is 10. The van der Waals surface area contributed by atoms with Crippen molar-refractivity contribution in [2.45, 2.75) is 198 Å². The first kappa shape index (κ1) is 71.9. The molecule has 17 heteroatoms. The zero-order valence-corrected chi connectivity index (χ0v) is 63.1. The van der Waals surface area contributed by atoms with Crippen LogP contribution in [-0.4, -0.2) is 44.3 Å². The first-order valence-electron chi connectivity index (χ1n) is 34.6. The van der Waals surface area contributed by atoms with Crippen molar-refractivity contribution in [3.8, 4) is 67.2 Å². The third-order valence-corrected chi connectivity index (χ3v) is 20.0. The van der Waals surface area contributed by atoms with Gasteiger partial charge in [0.1, 0.15) is 17.5 Å². The molecule has 0 fully saturated rings. The Morgan fingerprint density at radius 1 is 0.347 bits per heavy atom. The summed E-state index contributed by atoms with van der Waals surface area (Å²) in [4.78, 5) is 14.7. The predicted octanol–water partition coefficient (Wildman–Crippen LogP) is 22.5. The topological polar surface area (TPSA) is 137 Å². The molecular formula is C84H93F3N9O4P. The molecule has 0 amide bonds. The smallest absolute Gasteiger partial charge is 0.263 e. The van der Waals surface area contributed by atoms with E-state index in [1.807, 2.05) is 54.6 Å². The summed E-state index contributed by atoms with van der Waals surface area (Å²) in [5, 5.41) is 18.6. The first-order chi connectivity index (χ1) is 47.2. The Labute approximate surface area is 592 Å². The van der Waals surface area contributed by atoms with E-state index < -0.39 is 40.3 Å². The number of phosphoric ester groups is 1. The van der Waals surface area contributed by atoms with Crippen molar-refractivity contribution in [1.29, 1.82) is 0 Å². The van der Waals surface area contributed by atoms with E-state index in [-0.39, 0.29) is 37.6 Å². The van der Waals surface area contributed by atoms with E-state index in [4.69, 9.17) is 43.8 Å². The number of aromatic nitrogens is 9. The second-order valence-corrected chi connectivity index (χ2v) is 34.7. The van der Waals surface area contributed by atoms with Crippen LogP contribution in [0, 0.1) is 38.2 Å². The van der Waals surface area contributed by atoms with Crippen LogP contribution >= 0.6 is 7.82 Å². The average Bonchev–Trinajstić information content (AvgIpc) is 1.64. The minimum absolute atomic E-state index is 0.289. The zero-order chi connectivity index (χ0) is 73.0. The third kappa shape index (κ3) is 13.9. The quantitative estimate of drug-likeness (QED) is 0.0912. The number of aryl methyl sites for hydroxylation is 3. The molecule has 0 aliphatic rings. The molecule has 101 heavy (non-hydrogen) atoms. The fourth-order valence-corrected chi connectivity index (χ4v) is 15.6. The molecule has 6 aromatic heterocycles. The van der Waals surface area contributed by atoms with Crippen LogP contribution in [0.3, 0.4) is 0 Å². The summed E-state index contributed by atoms with van der Waals surface area (Å²) in [7, 11) is -4.80. The maximum Gasteiger partial charge on any atom is 0.480 e. The summed E-state index contributed by atoms with van der Waals surface area (Å²) in [5.41, 5.74) is 16.0. The molecule has 12 aromatic rings. The van der Waals surface area contributed by atoms with E-state index in [0.717, 1.165) is 100 Å². The Morgan fingerprint density at radius 2 is 0.604 bits per heavy atom. The Bertz CT molecular complexity index is 4760. The Kier molecular flexibility index (Phi) is 18.6. The summed E-state index contributed by atoms with van der Waals surface area (Å²) in [5.74, 6) is -0.868. The highest BCUT2D eigenvalue weighted by molar-refractivity contribution is 7.48. The summed E-state index contributed by atoms with van der Waals surface area (Å²) >= 11 is 0. The largest absolute Gasteiger partial charge is 0.480 e. The highest BCUT2D eigenvalue weighted by atomic mass is 31.2. The van der Waals surface area contributed by atoms with Crippen LogP contribution in [0.4, 0.5) is 13.2 Å². The number of benzene rings is 6. The van der Waals surface area contributed by atoms with Crippen LogP contribution in [0.25, 0.3) is 99.9 Å². The molecule has 0 aliphatic carbocycles. The van der Waals surface area contributed by atoms with Gasteiger partial charge in [-0.1, -0.05) is 161 Å². The van der Waals surface area contributed by atoms with Crippen molar-refractivity contribution in [1.82, 2.24) is 44.3 Å². The molecule has 0 saturated heterocycles. The SMILES string of the molecule is Cc1cc(-c2ncccc2-c2ccc3nn(COP(=O)(OCn4nc5ccc(-c6cccnc6-c6ccc(F)c(C)c6)c(C(C)(C)C)c5c4C(C)(C)C)OCn4nc5ccc(-c6cccnc6-c6ccc(F)c(C)c6)c(C(C)(C)C)c5c4C(C)(C)C)c(C(C)(C)C)c3c2C(C)(C)C)ccc1F. The van der Waals surface area contributed by atoms with Gasteiger partial charge in [0.25, 0.3) is 0 Å². The minimum atomic E-state index is -4.80. The van der Waals surface area contributed by atoms with Gasteiger partial charge in [0.2, 0.25) is 0 Å². The fraction of sp³-hybridized carbons (Fsp3) is 0.357. The molecular weight excluding hydrogens is 1290 g/mol. The molecule has 6 heterocycles. The van der Waals surface area contributed by atoms with Gasteiger partial charge in [0.15, 0.2) is 20.2 Å². The van der Waals surface area contributed by atoms with Crippen molar-refractivity contribution in [2.75, 3.05) is 0 Å². The van der Waals surface area contributed by atoms with Gasteiger partial charge in [-0.15, -0.1) is 0 Å². The highest BCUT2D eigenvalue weighted by Gasteiger charge is 2.39. The van der Waals surface area contributed by atoms with Gasteiger partial charge < -0.3 is 0 Å². The van der Waals surface area contributed by atoms with Crippen LogP contribution in [0.1, 0.15) is 175 Å². The lowest BCUT2D eigenvalue weighted by Crippen LogP contribution is -2.23. The molecule has 524 valence electrons. The number of hydrogen-bond donors (Lipinski definition) is 0. The zero-order valence-electron chi connectivity index (χ0n) is 62.2. The molecule has 0 bridgehead atoms. The van der Waals surface area contributed by atoms with Gasteiger partial charge in [-0.2, -0.15) is 15.3 Å². The maximum atomic E-state index is 16.6. The van der Waals surface area contributed by atoms with E-state index in [1.54, 1.807) is 71.6 Å². The van der Waals surface area contributed by atoms with E-state index in [9.17, 15) is 13.2 Å². The van der Waals surface area contributed by atoms with Crippen molar-refractivity contribution in [3.05, 3.63) is 214 Å². The van der Waals surface area contributed by atoms with E-state index >= 15 is 4.57 Å². The molecule has 0 saturated carbocycles. The van der Waals surface area contributed by atoms with Crippen LogP contribution in [0.5, 0.6) is 0 Å². The van der Waals surface area contributed by atoms with E-state index in [1.165, 1.54) is 18.2 Å². The van der Waals surface area contributed by atoms with Crippen molar-refractivity contribution in [3.63, 3.8) is 0 Å². The molecule has 0 atom stereocenters. The Balaban J connectivity index is 1.01. The van der Waals surface area contributed by atoms with Crippen molar-refractivity contribution < 1.29 is 31.3 Å². The monoisotopic (exact) mass is 1380 g/mol. The van der Waals surface area contributed by atoms with E-state index in [0.29, 0.717) is 50.3 Å². The van der Waals surface area contributed by atoms with Crippen LogP contribution in [0.15, 0.2) is 146 Å². The third-order valence-electron chi connectivity index (χ3n) is 18.7. The summed E-state index contributed by atoms with van der Waals surface area (Å²) in [6.45, 7) is 43.0. The minimum Gasteiger partial charge on any atom is -0.263 e. The Hall–Kier alpha value is -8.92. The molecule has 13 nitrogen and oxygen atoms in total. The van der Waals surface area contributed by atoms with Crippen LogP contribution < -0.4 is 0 Å². The van der Waals surface area contributed by atoms with Gasteiger partial charge >= 0.3 is 7.82 Å². The lowest BCUT2D eigenvalue weighted by Gasteiger charge is -2.29. The number of rotatable bonds is 15. The summed E-state index contributed by atoms with van der Waals surface area (Å²) < 4.78 is 87.0. The molecule has 0 spiro atoms. The van der Waals surface area contributed by atoms with Gasteiger partial charge in [-0.05, 0) is 178 Å². The number of fused-ring (bicyclic) bond motifs is 3. The molecule has 0 N–H and O–H groups in total.